The number of aromatic nitrogens is 2. The smallest absolute Gasteiger partial charge is 0.328 e. The molecule has 0 aliphatic rings. The summed E-state index contributed by atoms with van der Waals surface area (Å²) < 4.78 is 7.36. The van der Waals surface area contributed by atoms with E-state index in [-0.39, 0.29) is 0 Å². The second kappa shape index (κ2) is 7.40. The Labute approximate surface area is 162 Å². The Kier molecular flexibility index (Phi) is 4.64. The third-order valence-corrected chi connectivity index (χ3v) is 4.45. The Hall–Kier alpha value is -3.86. The highest BCUT2D eigenvalue weighted by atomic mass is 16.5. The van der Waals surface area contributed by atoms with Gasteiger partial charge in [0, 0.05) is 17.3 Å². The number of hydrogen-bond acceptors (Lipinski definition) is 3. The second-order valence-corrected chi connectivity index (χ2v) is 6.25. The number of aliphatic carboxylic acids is 1. The molecule has 3 aromatic carbocycles. The van der Waals surface area contributed by atoms with Crippen LogP contribution in [0.2, 0.25) is 0 Å². The summed E-state index contributed by atoms with van der Waals surface area (Å²) >= 11 is 0. The summed E-state index contributed by atoms with van der Waals surface area (Å²) in [6.07, 6.45) is 2.71. The summed E-state index contributed by atoms with van der Waals surface area (Å²) in [6, 6.07) is 23.4. The molecule has 1 aromatic heterocycles. The number of ether oxygens (including phenoxy) is 1. The number of carboxylic acid groups (broad SMARTS) is 1. The zero-order valence-corrected chi connectivity index (χ0v) is 15.2. The van der Waals surface area contributed by atoms with Crippen LogP contribution in [0, 0.1) is 0 Å². The average Bonchev–Trinajstić information content (AvgIpc) is 3.12. The first-order chi connectivity index (χ1) is 13.7. The van der Waals surface area contributed by atoms with Gasteiger partial charge in [0.25, 0.3) is 0 Å². The van der Waals surface area contributed by atoms with Crippen LogP contribution in [0.15, 0.2) is 78.9 Å². The molecule has 0 fully saturated rings. The van der Waals surface area contributed by atoms with Crippen LogP contribution < -0.4 is 4.74 Å². The molecule has 0 spiro atoms. The molecule has 138 valence electrons. The van der Waals surface area contributed by atoms with Crippen molar-refractivity contribution in [3.05, 3.63) is 84.4 Å². The molecule has 0 aliphatic carbocycles. The highest BCUT2D eigenvalue weighted by molar-refractivity contribution is 5.86. The van der Waals surface area contributed by atoms with Crippen LogP contribution in [0.5, 0.6) is 5.75 Å². The van der Waals surface area contributed by atoms with Crippen molar-refractivity contribution < 1.29 is 14.6 Å². The number of nitrogens with zero attached hydrogens (tertiary/aromatic N) is 2. The Morgan fingerprint density at radius 3 is 2.57 bits per heavy atom. The van der Waals surface area contributed by atoms with E-state index in [1.807, 2.05) is 72.8 Å². The fourth-order valence-corrected chi connectivity index (χ4v) is 3.16. The van der Waals surface area contributed by atoms with Gasteiger partial charge in [-0.3, -0.25) is 4.57 Å². The summed E-state index contributed by atoms with van der Waals surface area (Å²) in [5.74, 6) is 0.600. The molecule has 1 heterocycles. The van der Waals surface area contributed by atoms with Crippen LogP contribution in [-0.4, -0.2) is 27.7 Å². The molecule has 0 amide bonds. The minimum atomic E-state index is -0.976. The number of imidazole rings is 1. The van der Waals surface area contributed by atoms with Crippen LogP contribution in [0.25, 0.3) is 34.2 Å². The zero-order chi connectivity index (χ0) is 19.5. The number of methoxy groups -OCH3 is 1. The maximum atomic E-state index is 10.8. The van der Waals surface area contributed by atoms with Crippen LogP contribution in [0.3, 0.4) is 0 Å². The molecule has 4 rings (SSSR count). The topological polar surface area (TPSA) is 64.3 Å². The van der Waals surface area contributed by atoms with E-state index in [1.54, 1.807) is 13.2 Å². The number of carbonyl (C=O) groups is 1. The van der Waals surface area contributed by atoms with E-state index in [9.17, 15) is 4.79 Å². The molecule has 5 heteroatoms. The molecule has 0 bridgehead atoms. The van der Waals surface area contributed by atoms with Gasteiger partial charge in [-0.25, -0.2) is 9.78 Å². The average molecular weight is 370 g/mol. The molecule has 4 aromatic rings. The molecule has 1 N–H and O–H groups in total. The van der Waals surface area contributed by atoms with E-state index in [4.69, 9.17) is 14.8 Å². The Bertz CT molecular complexity index is 1170. The summed E-state index contributed by atoms with van der Waals surface area (Å²) in [7, 11) is 1.64. The molecular formula is C23H18N2O3. The van der Waals surface area contributed by atoms with Crippen molar-refractivity contribution in [3.8, 4) is 22.8 Å². The number of para-hydroxylation sites is 2. The highest BCUT2D eigenvalue weighted by Gasteiger charge is 2.14. The van der Waals surface area contributed by atoms with Crippen molar-refractivity contribution in [2.75, 3.05) is 7.11 Å². The number of benzene rings is 3. The zero-order valence-electron chi connectivity index (χ0n) is 15.2. The maximum absolute atomic E-state index is 10.8. The van der Waals surface area contributed by atoms with Gasteiger partial charge in [0.05, 0.1) is 18.1 Å². The lowest BCUT2D eigenvalue weighted by atomic mass is 10.1. The third kappa shape index (κ3) is 3.38. The molecule has 0 saturated carbocycles. The summed E-state index contributed by atoms with van der Waals surface area (Å²) in [6.45, 7) is 0. The van der Waals surface area contributed by atoms with E-state index in [2.05, 4.69) is 4.57 Å². The normalized spacial score (nSPS) is 11.2. The monoisotopic (exact) mass is 370 g/mol. The van der Waals surface area contributed by atoms with Gasteiger partial charge >= 0.3 is 5.97 Å². The van der Waals surface area contributed by atoms with Gasteiger partial charge in [0.1, 0.15) is 11.6 Å². The van der Waals surface area contributed by atoms with Crippen LogP contribution in [0.4, 0.5) is 0 Å². The van der Waals surface area contributed by atoms with Gasteiger partial charge < -0.3 is 9.84 Å². The van der Waals surface area contributed by atoms with Crippen molar-refractivity contribution in [3.63, 3.8) is 0 Å². The summed E-state index contributed by atoms with van der Waals surface area (Å²) in [5, 5.41) is 8.88. The standard InChI is InChI=1S/C23H18N2O3/c1-28-19-12-10-18(11-13-19)25-21-8-3-2-7-20(21)24-23(25)17-6-4-5-16(15-17)9-14-22(26)27/h2-15H,1H3,(H,26,27). The van der Waals surface area contributed by atoms with Crippen molar-refractivity contribution in [1.82, 2.24) is 9.55 Å². The van der Waals surface area contributed by atoms with Crippen LogP contribution in [-0.2, 0) is 4.79 Å². The number of carboxylic acids is 1. The lowest BCUT2D eigenvalue weighted by Gasteiger charge is -2.11. The number of fused-ring (bicyclic) bond motifs is 1. The SMILES string of the molecule is COc1ccc(-n2c(-c3cccc(C=CC(=O)O)c3)nc3ccccc32)cc1. The lowest BCUT2D eigenvalue weighted by Crippen LogP contribution is -1.98. The Morgan fingerprint density at radius 1 is 1.04 bits per heavy atom. The first-order valence-corrected chi connectivity index (χ1v) is 8.79. The maximum Gasteiger partial charge on any atom is 0.328 e. The predicted molar refractivity (Wildman–Crippen MR) is 110 cm³/mol. The predicted octanol–water partition coefficient (Wildman–Crippen LogP) is 4.80. The first kappa shape index (κ1) is 17.5. The van der Waals surface area contributed by atoms with Crippen molar-refractivity contribution >= 4 is 23.1 Å². The van der Waals surface area contributed by atoms with Gasteiger partial charge in [-0.05, 0) is 54.1 Å². The Balaban J connectivity index is 1.90. The molecular weight excluding hydrogens is 352 g/mol. The van der Waals surface area contributed by atoms with Crippen LogP contribution >= 0.6 is 0 Å². The Morgan fingerprint density at radius 2 is 1.82 bits per heavy atom. The van der Waals surface area contributed by atoms with Crippen molar-refractivity contribution in [2.45, 2.75) is 0 Å². The molecule has 28 heavy (non-hydrogen) atoms. The molecule has 0 aliphatic heterocycles. The van der Waals surface area contributed by atoms with Gasteiger partial charge in [0.15, 0.2) is 0 Å². The summed E-state index contributed by atoms with van der Waals surface area (Å²) in [5.41, 5.74) is 4.55. The first-order valence-electron chi connectivity index (χ1n) is 8.79. The summed E-state index contributed by atoms with van der Waals surface area (Å²) in [4.78, 5) is 15.7. The minimum Gasteiger partial charge on any atom is -0.497 e. The largest absolute Gasteiger partial charge is 0.497 e. The molecule has 0 radical (unpaired) electrons. The van der Waals surface area contributed by atoms with Gasteiger partial charge in [-0.15, -0.1) is 0 Å². The number of rotatable bonds is 5. The molecule has 0 atom stereocenters. The minimum absolute atomic E-state index is 0.788. The van der Waals surface area contributed by atoms with Gasteiger partial charge in [0.2, 0.25) is 0 Å². The third-order valence-electron chi connectivity index (χ3n) is 4.45. The van der Waals surface area contributed by atoms with Crippen molar-refractivity contribution in [2.24, 2.45) is 0 Å². The molecule has 0 saturated heterocycles. The van der Waals surface area contributed by atoms with E-state index in [0.717, 1.165) is 45.5 Å². The van der Waals surface area contributed by atoms with Crippen LogP contribution in [0.1, 0.15) is 5.56 Å². The molecule has 5 nitrogen and oxygen atoms in total. The highest BCUT2D eigenvalue weighted by Crippen LogP contribution is 2.30. The van der Waals surface area contributed by atoms with Gasteiger partial charge in [-0.2, -0.15) is 0 Å². The fraction of sp³-hybridized carbons (Fsp3) is 0.0435. The number of hydrogen-bond donors (Lipinski definition) is 1. The molecule has 0 unspecified atom stereocenters. The second-order valence-electron chi connectivity index (χ2n) is 6.25. The quantitative estimate of drug-likeness (QED) is 0.513. The van der Waals surface area contributed by atoms with Crippen molar-refractivity contribution in [1.29, 1.82) is 0 Å². The van der Waals surface area contributed by atoms with E-state index >= 15 is 0 Å². The van der Waals surface area contributed by atoms with E-state index in [1.165, 1.54) is 0 Å². The fourth-order valence-electron chi connectivity index (χ4n) is 3.16. The van der Waals surface area contributed by atoms with Gasteiger partial charge in [-0.1, -0.05) is 30.3 Å². The van der Waals surface area contributed by atoms with E-state index in [0.29, 0.717) is 0 Å². The van der Waals surface area contributed by atoms with E-state index < -0.39 is 5.97 Å². The lowest BCUT2D eigenvalue weighted by molar-refractivity contribution is -0.131.